The summed E-state index contributed by atoms with van der Waals surface area (Å²) in [4.78, 5) is 23.6. The summed E-state index contributed by atoms with van der Waals surface area (Å²) in [7, 11) is 5.01. The van der Waals surface area contributed by atoms with Crippen LogP contribution in [0, 0.1) is 0 Å². The van der Waals surface area contributed by atoms with Crippen molar-refractivity contribution in [3.8, 4) is 22.1 Å². The number of aromatic nitrogens is 2. The molecule has 2 aromatic heterocycles. The van der Waals surface area contributed by atoms with Crippen LogP contribution in [0.25, 0.3) is 20.8 Å². The van der Waals surface area contributed by atoms with E-state index in [4.69, 9.17) is 9.47 Å². The van der Waals surface area contributed by atoms with Gasteiger partial charge >= 0.3 is 0 Å². The molecule has 0 aliphatic carbocycles. The highest BCUT2D eigenvalue weighted by Gasteiger charge is 2.16. The quantitative estimate of drug-likeness (QED) is 0.420. The van der Waals surface area contributed by atoms with Gasteiger partial charge in [0.25, 0.3) is 0 Å². The van der Waals surface area contributed by atoms with E-state index < -0.39 is 0 Å². The topological polar surface area (TPSA) is 64.5 Å². The van der Waals surface area contributed by atoms with Gasteiger partial charge in [-0.15, -0.1) is 22.7 Å². The number of fused-ring (bicyclic) bond motifs is 1. The molecule has 4 aromatic rings. The Morgan fingerprint density at radius 1 is 1.07 bits per heavy atom. The van der Waals surface area contributed by atoms with Crippen molar-refractivity contribution in [1.29, 1.82) is 0 Å². The van der Waals surface area contributed by atoms with Gasteiger partial charge in [-0.25, -0.2) is 9.97 Å². The Balaban J connectivity index is 1.43. The van der Waals surface area contributed by atoms with E-state index in [9.17, 15) is 4.79 Å². The highest BCUT2D eigenvalue weighted by atomic mass is 32.1. The van der Waals surface area contributed by atoms with Gasteiger partial charge in [0.1, 0.15) is 10.0 Å². The van der Waals surface area contributed by atoms with Crippen LogP contribution in [0.3, 0.4) is 0 Å². The molecule has 2 heterocycles. The lowest BCUT2D eigenvalue weighted by Crippen LogP contribution is -2.27. The Morgan fingerprint density at radius 3 is 2.63 bits per heavy atom. The molecule has 0 bridgehead atoms. The molecule has 4 rings (SSSR count). The molecule has 0 unspecified atom stereocenters. The Hall–Kier alpha value is -2.97. The second-order valence-corrected chi connectivity index (χ2v) is 8.69. The van der Waals surface area contributed by atoms with Crippen LogP contribution < -0.4 is 9.47 Å². The number of hydrogen-bond donors (Lipinski definition) is 0. The highest BCUT2D eigenvalue weighted by molar-refractivity contribution is 7.18. The molecular weight excluding hydrogens is 418 g/mol. The van der Waals surface area contributed by atoms with Crippen molar-refractivity contribution in [3.05, 3.63) is 58.5 Å². The van der Waals surface area contributed by atoms with Gasteiger partial charge in [-0.3, -0.25) is 4.79 Å². The first kappa shape index (κ1) is 20.3. The molecule has 8 heteroatoms. The third-order valence-electron chi connectivity index (χ3n) is 4.65. The average molecular weight is 440 g/mol. The number of carbonyl (C=O) groups is 1. The summed E-state index contributed by atoms with van der Waals surface area (Å²) in [6.45, 7) is 0.491. The first-order valence-corrected chi connectivity index (χ1v) is 11.0. The number of methoxy groups -OCH3 is 2. The molecule has 6 nitrogen and oxygen atoms in total. The van der Waals surface area contributed by atoms with Gasteiger partial charge in [0.05, 0.1) is 43.1 Å². The maximum absolute atomic E-state index is 12.7. The summed E-state index contributed by atoms with van der Waals surface area (Å²) in [5.41, 5.74) is 2.66. The highest BCUT2D eigenvalue weighted by Crippen LogP contribution is 2.33. The number of amides is 1. The zero-order valence-electron chi connectivity index (χ0n) is 16.9. The van der Waals surface area contributed by atoms with Gasteiger partial charge in [0.15, 0.2) is 11.5 Å². The van der Waals surface area contributed by atoms with Gasteiger partial charge in [0, 0.05) is 18.0 Å². The third-order valence-corrected chi connectivity index (χ3v) is 6.61. The third kappa shape index (κ3) is 4.29. The number of hydrogen-bond acceptors (Lipinski definition) is 7. The molecule has 0 atom stereocenters. The van der Waals surface area contributed by atoms with Gasteiger partial charge < -0.3 is 14.4 Å². The second kappa shape index (κ2) is 8.81. The van der Waals surface area contributed by atoms with Gasteiger partial charge in [-0.2, -0.15) is 0 Å². The summed E-state index contributed by atoms with van der Waals surface area (Å²) in [5, 5.41) is 3.69. The maximum atomic E-state index is 12.7. The van der Waals surface area contributed by atoms with Gasteiger partial charge in [-0.1, -0.05) is 12.1 Å². The number of carbonyl (C=O) groups excluding carboxylic acids is 1. The first-order chi connectivity index (χ1) is 14.6. The average Bonchev–Trinajstić information content (AvgIpc) is 3.39. The Bertz CT molecular complexity index is 1150. The van der Waals surface area contributed by atoms with Crippen LogP contribution in [0.2, 0.25) is 0 Å². The molecule has 0 aliphatic heterocycles. The van der Waals surface area contributed by atoms with Crippen LogP contribution in [0.5, 0.6) is 11.5 Å². The lowest BCUT2D eigenvalue weighted by Gasteiger charge is -2.14. The lowest BCUT2D eigenvalue weighted by atomic mass is 10.2. The zero-order valence-corrected chi connectivity index (χ0v) is 18.5. The van der Waals surface area contributed by atoms with Crippen LogP contribution in [-0.4, -0.2) is 42.0 Å². The SMILES string of the molecule is COc1ccc(-c2nc(CC(=O)N(C)Cc3nc4ccccc4s3)cs2)cc1OC. The largest absolute Gasteiger partial charge is 0.493 e. The monoisotopic (exact) mass is 439 g/mol. The number of benzene rings is 2. The molecule has 0 spiro atoms. The second-order valence-electron chi connectivity index (χ2n) is 6.72. The lowest BCUT2D eigenvalue weighted by molar-refractivity contribution is -0.129. The minimum absolute atomic E-state index is 0.0124. The normalized spacial score (nSPS) is 10.9. The van der Waals surface area contributed by atoms with Crippen LogP contribution in [-0.2, 0) is 17.8 Å². The van der Waals surface area contributed by atoms with Crippen molar-refractivity contribution in [2.75, 3.05) is 21.3 Å². The predicted octanol–water partition coefficient (Wildman–Crippen LogP) is 4.64. The zero-order chi connectivity index (χ0) is 21.1. The maximum Gasteiger partial charge on any atom is 0.228 e. The molecule has 0 fully saturated rings. The number of rotatable bonds is 7. The molecule has 154 valence electrons. The number of likely N-dealkylation sites (N-methyl/N-ethyl adjacent to an activating group) is 1. The summed E-state index contributed by atoms with van der Waals surface area (Å²) >= 11 is 3.12. The van der Waals surface area contributed by atoms with Crippen molar-refractivity contribution in [3.63, 3.8) is 0 Å². The number of nitrogens with zero attached hydrogens (tertiary/aromatic N) is 3. The van der Waals surface area contributed by atoms with Crippen molar-refractivity contribution in [2.45, 2.75) is 13.0 Å². The summed E-state index contributed by atoms with van der Waals surface area (Å²) in [6, 6.07) is 13.7. The number of ether oxygens (including phenoxy) is 2. The molecule has 0 saturated carbocycles. The minimum Gasteiger partial charge on any atom is -0.493 e. The molecule has 1 amide bonds. The summed E-state index contributed by atoms with van der Waals surface area (Å²) in [6.07, 6.45) is 0.255. The van der Waals surface area contributed by atoms with Gasteiger partial charge in [0.2, 0.25) is 5.91 Å². The van der Waals surface area contributed by atoms with E-state index in [-0.39, 0.29) is 12.3 Å². The van der Waals surface area contributed by atoms with Gasteiger partial charge in [-0.05, 0) is 30.3 Å². The molecular formula is C22H21N3O3S2. The molecule has 0 radical (unpaired) electrons. The van der Waals surface area contributed by atoms with Crippen LogP contribution in [0.1, 0.15) is 10.7 Å². The van der Waals surface area contributed by atoms with Crippen molar-refractivity contribution in [2.24, 2.45) is 0 Å². The molecule has 0 aliphatic rings. The van der Waals surface area contributed by atoms with E-state index in [1.165, 1.54) is 11.3 Å². The molecule has 2 aromatic carbocycles. The van der Waals surface area contributed by atoms with E-state index >= 15 is 0 Å². The first-order valence-electron chi connectivity index (χ1n) is 9.32. The molecule has 30 heavy (non-hydrogen) atoms. The van der Waals surface area contributed by atoms with E-state index in [0.29, 0.717) is 18.0 Å². The fourth-order valence-corrected chi connectivity index (χ4v) is 4.90. The Morgan fingerprint density at radius 2 is 1.87 bits per heavy atom. The van der Waals surface area contributed by atoms with Crippen LogP contribution >= 0.6 is 22.7 Å². The van der Waals surface area contributed by atoms with Crippen LogP contribution in [0.15, 0.2) is 47.8 Å². The van der Waals surface area contributed by atoms with Crippen molar-refractivity contribution >= 4 is 38.8 Å². The van der Waals surface area contributed by atoms with Crippen molar-refractivity contribution < 1.29 is 14.3 Å². The van der Waals surface area contributed by atoms with E-state index in [1.807, 2.05) is 47.8 Å². The smallest absolute Gasteiger partial charge is 0.228 e. The number of thiazole rings is 2. The van der Waals surface area contributed by atoms with E-state index in [0.717, 1.165) is 31.5 Å². The summed E-state index contributed by atoms with van der Waals surface area (Å²) in [5.74, 6) is 1.33. The van der Waals surface area contributed by atoms with E-state index in [2.05, 4.69) is 9.97 Å². The minimum atomic E-state index is 0.0124. The fraction of sp³-hybridized carbons (Fsp3) is 0.227. The summed E-state index contributed by atoms with van der Waals surface area (Å²) < 4.78 is 11.8. The molecule has 0 N–H and O–H groups in total. The Kier molecular flexibility index (Phi) is 5.96. The molecule has 0 saturated heterocycles. The predicted molar refractivity (Wildman–Crippen MR) is 120 cm³/mol. The number of para-hydroxylation sites is 1. The Labute approximate surface area is 182 Å². The van der Waals surface area contributed by atoms with Crippen LogP contribution in [0.4, 0.5) is 0 Å². The van der Waals surface area contributed by atoms with Crippen molar-refractivity contribution in [1.82, 2.24) is 14.9 Å². The standard InChI is InChI=1S/C22H21N3O3S2/c1-25(12-20-24-16-6-4-5-7-19(16)30-20)21(26)11-15-13-29-22(23-15)14-8-9-17(27-2)18(10-14)28-3/h4-10,13H,11-12H2,1-3H3. The van der Waals surface area contributed by atoms with E-state index in [1.54, 1.807) is 37.5 Å². The fourth-order valence-electron chi connectivity index (χ4n) is 3.06.